The summed E-state index contributed by atoms with van der Waals surface area (Å²) in [4.78, 5) is 55.7. The quantitative estimate of drug-likeness (QED) is 0.166. The third kappa shape index (κ3) is 5.00. The van der Waals surface area contributed by atoms with Crippen LogP contribution in [0.1, 0.15) is 30.1 Å². The Kier molecular flexibility index (Phi) is 7.22. The highest BCUT2D eigenvalue weighted by molar-refractivity contribution is 5.99. The number of nitrogens with one attached hydrogen (secondary N) is 5. The van der Waals surface area contributed by atoms with Crippen molar-refractivity contribution in [3.63, 3.8) is 0 Å². The van der Waals surface area contributed by atoms with Crippen LogP contribution in [0.15, 0.2) is 29.1 Å². The molecule has 2 atom stereocenters. The van der Waals surface area contributed by atoms with Crippen molar-refractivity contribution in [3.8, 4) is 0 Å². The number of anilines is 4. The average Bonchev–Trinajstić information content (AvgIpc) is 2.82. The normalized spacial score (nSPS) is 17.5. The van der Waals surface area contributed by atoms with Crippen molar-refractivity contribution in [2.24, 2.45) is 0 Å². The van der Waals surface area contributed by atoms with Crippen LogP contribution in [-0.4, -0.2) is 69.0 Å². The molecule has 14 nitrogen and oxygen atoms in total. The molecule has 1 aliphatic rings. The number of hydrogen-bond donors (Lipinski definition) is 8. The summed E-state index contributed by atoms with van der Waals surface area (Å²) < 4.78 is 0. The van der Waals surface area contributed by atoms with Crippen LogP contribution in [0, 0.1) is 5.41 Å². The van der Waals surface area contributed by atoms with Crippen LogP contribution in [0.3, 0.4) is 0 Å². The van der Waals surface area contributed by atoms with Gasteiger partial charge < -0.3 is 36.8 Å². The largest absolute Gasteiger partial charge is 0.480 e. The van der Waals surface area contributed by atoms with E-state index in [4.69, 9.17) is 11.1 Å². The minimum Gasteiger partial charge on any atom is -0.480 e. The van der Waals surface area contributed by atoms with Gasteiger partial charge in [-0.15, -0.1) is 0 Å². The van der Waals surface area contributed by atoms with Gasteiger partial charge in [0.25, 0.3) is 11.5 Å². The first-order chi connectivity index (χ1) is 16.6. The van der Waals surface area contributed by atoms with E-state index in [0.29, 0.717) is 18.5 Å². The van der Waals surface area contributed by atoms with Gasteiger partial charge in [0.1, 0.15) is 6.04 Å². The fourth-order valence-electron chi connectivity index (χ4n) is 3.73. The van der Waals surface area contributed by atoms with Crippen molar-refractivity contribution in [3.05, 3.63) is 40.2 Å². The molecule has 9 N–H and O–H groups in total. The lowest BCUT2D eigenvalue weighted by Gasteiger charge is -2.42. The van der Waals surface area contributed by atoms with Gasteiger partial charge >= 0.3 is 11.9 Å². The molecule has 35 heavy (non-hydrogen) atoms. The lowest BCUT2D eigenvalue weighted by Crippen LogP contribution is -2.65. The molecule has 0 radical (unpaired) electrons. The number of carboxylic acids is 2. The van der Waals surface area contributed by atoms with E-state index in [9.17, 15) is 29.4 Å². The minimum atomic E-state index is -1.76. The molecule has 0 saturated carbocycles. The number of fused-ring (bicyclic) bond motifs is 1. The zero-order valence-corrected chi connectivity index (χ0v) is 18.8. The third-order valence-corrected chi connectivity index (χ3v) is 5.60. The molecular weight excluding hydrogens is 460 g/mol. The van der Waals surface area contributed by atoms with Gasteiger partial charge in [0.15, 0.2) is 17.0 Å². The Hall–Kier alpha value is -4.62. The monoisotopic (exact) mass is 486 g/mol. The summed E-state index contributed by atoms with van der Waals surface area (Å²) in [6.07, 6.45) is 1.63. The van der Waals surface area contributed by atoms with Gasteiger partial charge in [-0.3, -0.25) is 20.0 Å². The summed E-state index contributed by atoms with van der Waals surface area (Å²) in [6.45, 7) is 1.40. The van der Waals surface area contributed by atoms with Crippen LogP contribution < -0.4 is 32.1 Å². The number of aromatic nitrogens is 2. The van der Waals surface area contributed by atoms with Gasteiger partial charge in [0.2, 0.25) is 5.95 Å². The number of carboxylic acid groups (broad SMARTS) is 2. The van der Waals surface area contributed by atoms with Gasteiger partial charge in [-0.25, -0.2) is 9.59 Å². The number of hydrogen-bond acceptors (Lipinski definition) is 9. The molecule has 186 valence electrons. The maximum atomic E-state index is 12.5. The molecule has 1 aromatic carbocycles. The molecule has 14 heteroatoms. The number of nitrogens with two attached hydrogens (primary N) is 1. The Labute approximate surface area is 199 Å². The molecule has 0 aliphatic carbocycles. The lowest BCUT2D eigenvalue weighted by molar-refractivity contribution is -0.142. The Balaban J connectivity index is 1.79. The summed E-state index contributed by atoms with van der Waals surface area (Å²) in [5.74, 6) is -3.05. The Morgan fingerprint density at radius 3 is 2.57 bits per heavy atom. The molecule has 1 aromatic heterocycles. The lowest BCUT2D eigenvalue weighted by atomic mass is 9.94. The second kappa shape index (κ2) is 10.1. The number of H-pyrrole nitrogens is 1. The van der Waals surface area contributed by atoms with Gasteiger partial charge in [0, 0.05) is 11.3 Å². The Morgan fingerprint density at radius 2 is 2.00 bits per heavy atom. The highest BCUT2D eigenvalue weighted by atomic mass is 16.4. The molecule has 2 aromatic rings. The number of carbonyl (C=O) groups is 3. The molecule has 2 heterocycles. The molecule has 0 bridgehead atoms. The number of aromatic amines is 1. The van der Waals surface area contributed by atoms with Crippen molar-refractivity contribution < 1.29 is 24.6 Å². The second-order valence-corrected chi connectivity index (χ2v) is 7.92. The van der Waals surface area contributed by atoms with Crippen molar-refractivity contribution >= 4 is 47.3 Å². The first-order valence-corrected chi connectivity index (χ1v) is 10.7. The van der Waals surface area contributed by atoms with E-state index in [0.717, 1.165) is 11.2 Å². The summed E-state index contributed by atoms with van der Waals surface area (Å²) >= 11 is 0. The van der Waals surface area contributed by atoms with Crippen LogP contribution in [0.25, 0.3) is 0 Å². The summed E-state index contributed by atoms with van der Waals surface area (Å²) in [5.41, 5.74) is 3.63. The number of rotatable bonds is 10. The number of benzene rings is 1. The molecule has 2 unspecified atom stereocenters. The maximum Gasteiger partial charge on any atom is 0.333 e. The van der Waals surface area contributed by atoms with Gasteiger partial charge in [0.05, 0.1) is 19.4 Å². The van der Waals surface area contributed by atoms with Crippen molar-refractivity contribution in [2.45, 2.75) is 31.3 Å². The SMILES string of the molecule is CCCC(NC(=O)c1ccc(NCC2(C(=O)O)CNc3nc(N)[nH]c(=O)c3N2C=N)cc1)C(=O)O. The molecule has 0 saturated heterocycles. The maximum absolute atomic E-state index is 12.5. The van der Waals surface area contributed by atoms with Crippen LogP contribution in [0.2, 0.25) is 0 Å². The standard InChI is InChI=1S/C21H26N8O6/c1-2-3-13(18(32)33)26-16(30)11-4-6-12(7-5-11)24-8-21(19(34)35)9-25-15-14(29(21)10-22)17(31)28-20(23)27-15/h4-7,10,13,22,24H,2-3,8-9H2,1H3,(H,26,30)(H,32,33)(H,34,35)(H4,23,25,27,28,31). The number of aliphatic carboxylic acids is 2. The van der Waals surface area contributed by atoms with Crippen molar-refractivity contribution in [2.75, 3.05) is 34.4 Å². The van der Waals surface area contributed by atoms with E-state index >= 15 is 0 Å². The summed E-state index contributed by atoms with van der Waals surface area (Å²) in [7, 11) is 0. The number of amides is 1. The molecular formula is C21H26N8O6. The number of nitrogen functional groups attached to an aromatic ring is 1. The average molecular weight is 486 g/mol. The first-order valence-electron chi connectivity index (χ1n) is 10.7. The zero-order valence-electron chi connectivity index (χ0n) is 18.8. The second-order valence-electron chi connectivity index (χ2n) is 7.92. The number of nitrogens with zero attached hydrogens (tertiary/aromatic N) is 2. The van der Waals surface area contributed by atoms with E-state index in [-0.39, 0.29) is 36.1 Å². The van der Waals surface area contributed by atoms with E-state index in [2.05, 4.69) is 25.9 Å². The molecule has 0 fully saturated rings. The third-order valence-electron chi connectivity index (χ3n) is 5.60. The Bertz CT molecular complexity index is 1200. The van der Waals surface area contributed by atoms with Crippen LogP contribution in [0.4, 0.5) is 23.1 Å². The van der Waals surface area contributed by atoms with E-state index in [1.54, 1.807) is 0 Å². The highest BCUT2D eigenvalue weighted by Crippen LogP contribution is 2.32. The molecule has 1 aliphatic heterocycles. The van der Waals surface area contributed by atoms with Crippen molar-refractivity contribution in [1.29, 1.82) is 5.41 Å². The van der Waals surface area contributed by atoms with Gasteiger partial charge in [-0.2, -0.15) is 4.98 Å². The van der Waals surface area contributed by atoms with E-state index < -0.39 is 35.0 Å². The molecule has 0 spiro atoms. The predicted octanol–water partition coefficient (Wildman–Crippen LogP) is 0.110. The van der Waals surface area contributed by atoms with Crippen molar-refractivity contribution in [1.82, 2.24) is 15.3 Å². The van der Waals surface area contributed by atoms with Gasteiger partial charge in [-0.1, -0.05) is 13.3 Å². The fourth-order valence-corrected chi connectivity index (χ4v) is 3.73. The fraction of sp³-hybridized carbons (Fsp3) is 0.333. The van der Waals surface area contributed by atoms with Crippen LogP contribution >= 0.6 is 0 Å². The number of carbonyl (C=O) groups excluding carboxylic acids is 1. The van der Waals surface area contributed by atoms with E-state index in [1.165, 1.54) is 24.3 Å². The van der Waals surface area contributed by atoms with Crippen LogP contribution in [-0.2, 0) is 9.59 Å². The first kappa shape index (κ1) is 25.0. The summed E-state index contributed by atoms with van der Waals surface area (Å²) in [6, 6.07) is 5.01. The zero-order chi connectivity index (χ0) is 25.8. The van der Waals surface area contributed by atoms with Crippen LogP contribution in [0.5, 0.6) is 0 Å². The Morgan fingerprint density at radius 1 is 1.31 bits per heavy atom. The molecule has 1 amide bonds. The van der Waals surface area contributed by atoms with E-state index in [1.807, 2.05) is 6.92 Å². The minimum absolute atomic E-state index is 0.0599. The summed E-state index contributed by atoms with van der Waals surface area (Å²) in [5, 5.41) is 35.3. The van der Waals surface area contributed by atoms with Gasteiger partial charge in [-0.05, 0) is 30.7 Å². The predicted molar refractivity (Wildman–Crippen MR) is 128 cm³/mol. The smallest absolute Gasteiger partial charge is 0.333 e. The highest BCUT2D eigenvalue weighted by Gasteiger charge is 2.49. The molecule has 3 rings (SSSR count). The topological polar surface area (TPSA) is 227 Å².